The van der Waals surface area contributed by atoms with Crippen LogP contribution < -0.4 is 26.2 Å². The van der Waals surface area contributed by atoms with Crippen LogP contribution in [0, 0.1) is 10.1 Å². The van der Waals surface area contributed by atoms with Gasteiger partial charge in [-0.15, -0.1) is 0 Å². The zero-order valence-corrected chi connectivity index (χ0v) is 21.3. The predicted octanol–water partition coefficient (Wildman–Crippen LogP) is 2.08. The normalized spacial score (nSPS) is 10.3. The highest BCUT2D eigenvalue weighted by molar-refractivity contribution is 6.11. The lowest BCUT2D eigenvalue weighted by Crippen LogP contribution is -2.23. The van der Waals surface area contributed by atoms with Gasteiger partial charge in [0.05, 0.1) is 16.9 Å². The van der Waals surface area contributed by atoms with Crippen LogP contribution in [0.4, 0.5) is 22.7 Å². The second-order valence-electron chi connectivity index (χ2n) is 8.70. The van der Waals surface area contributed by atoms with Crippen molar-refractivity contribution in [2.45, 2.75) is 0 Å². The van der Waals surface area contributed by atoms with Crippen molar-refractivity contribution in [3.8, 4) is 0 Å². The van der Waals surface area contributed by atoms with E-state index in [-0.39, 0.29) is 50.6 Å². The van der Waals surface area contributed by atoms with E-state index in [9.17, 15) is 44.3 Å². The van der Waals surface area contributed by atoms with Gasteiger partial charge in [0.1, 0.15) is 0 Å². The minimum Gasteiger partial charge on any atom is -0.545 e. The molecule has 42 heavy (non-hydrogen) atoms. The Hall–Kier alpha value is -6.37. The molecule has 13 heteroatoms. The minimum atomic E-state index is -1.45. The van der Waals surface area contributed by atoms with Crippen molar-refractivity contribution in [2.24, 2.45) is 0 Å². The highest BCUT2D eigenvalue weighted by Gasteiger charge is 2.17. The van der Waals surface area contributed by atoms with Crippen molar-refractivity contribution in [1.82, 2.24) is 0 Å². The van der Waals surface area contributed by atoms with Gasteiger partial charge in [0, 0.05) is 45.9 Å². The van der Waals surface area contributed by atoms with Gasteiger partial charge in [-0.05, 0) is 65.7 Å². The molecule has 210 valence electrons. The zero-order chi connectivity index (χ0) is 30.4. The average Bonchev–Trinajstić information content (AvgIpc) is 2.97. The number of nitrogens with zero attached hydrogens (tertiary/aromatic N) is 1. The molecule has 0 spiro atoms. The fourth-order valence-corrected chi connectivity index (χ4v) is 3.75. The van der Waals surface area contributed by atoms with Gasteiger partial charge in [-0.25, -0.2) is 0 Å². The van der Waals surface area contributed by atoms with Crippen LogP contribution in [0.5, 0.6) is 0 Å². The number of benzene rings is 4. The van der Waals surface area contributed by atoms with Crippen LogP contribution in [0.1, 0.15) is 51.8 Å². The van der Waals surface area contributed by atoms with E-state index in [1.807, 2.05) is 0 Å². The van der Waals surface area contributed by atoms with Crippen LogP contribution in [0.25, 0.3) is 0 Å². The minimum absolute atomic E-state index is 0.00289. The number of anilines is 3. The smallest absolute Gasteiger partial charge is 0.269 e. The third-order valence-corrected chi connectivity index (χ3v) is 5.77. The number of non-ortho nitro benzene ring substituents is 1. The molecule has 13 nitrogen and oxygen atoms in total. The maximum absolute atomic E-state index is 13.1. The van der Waals surface area contributed by atoms with Crippen LogP contribution in [0.15, 0.2) is 91.0 Å². The van der Waals surface area contributed by atoms with E-state index >= 15 is 0 Å². The molecule has 0 aromatic heterocycles. The van der Waals surface area contributed by atoms with Crippen molar-refractivity contribution in [3.05, 3.63) is 129 Å². The Bertz CT molecular complexity index is 1660. The number of carbonyl (C=O) groups is 5. The molecule has 4 aromatic rings. The highest BCUT2D eigenvalue weighted by Crippen LogP contribution is 2.21. The first-order chi connectivity index (χ1) is 20.0. The summed E-state index contributed by atoms with van der Waals surface area (Å²) < 4.78 is 0. The molecule has 0 aliphatic heterocycles. The number of nitro groups is 1. The van der Waals surface area contributed by atoms with E-state index < -0.39 is 34.6 Å². The number of carbonyl (C=O) groups excluding carboxylic acids is 5. The number of nitro benzene ring substituents is 1. The van der Waals surface area contributed by atoms with Crippen LogP contribution in [-0.2, 0) is 0 Å². The van der Waals surface area contributed by atoms with Gasteiger partial charge < -0.3 is 35.8 Å². The summed E-state index contributed by atoms with van der Waals surface area (Å²) in [5.74, 6) is -5.13. The third-order valence-electron chi connectivity index (χ3n) is 5.77. The second kappa shape index (κ2) is 12.2. The third kappa shape index (κ3) is 6.98. The van der Waals surface area contributed by atoms with Gasteiger partial charge in [0.15, 0.2) is 0 Å². The van der Waals surface area contributed by atoms with Gasteiger partial charge >= 0.3 is 0 Å². The quantitative estimate of drug-likeness (QED) is 0.200. The molecule has 0 aliphatic rings. The van der Waals surface area contributed by atoms with E-state index in [1.165, 1.54) is 78.9 Å². The van der Waals surface area contributed by atoms with Crippen LogP contribution in [-0.4, -0.2) is 34.6 Å². The lowest BCUT2D eigenvalue weighted by molar-refractivity contribution is -0.384. The van der Waals surface area contributed by atoms with Crippen LogP contribution in [0.2, 0.25) is 0 Å². The Morgan fingerprint density at radius 2 is 0.905 bits per heavy atom. The van der Waals surface area contributed by atoms with Crippen LogP contribution >= 0.6 is 0 Å². The second-order valence-corrected chi connectivity index (χ2v) is 8.70. The highest BCUT2D eigenvalue weighted by atomic mass is 16.6. The van der Waals surface area contributed by atoms with Crippen molar-refractivity contribution in [3.63, 3.8) is 0 Å². The zero-order valence-electron chi connectivity index (χ0n) is 21.3. The Kier molecular flexibility index (Phi) is 8.33. The summed E-state index contributed by atoms with van der Waals surface area (Å²) in [6.45, 7) is 0. The summed E-state index contributed by atoms with van der Waals surface area (Å²) in [6.07, 6.45) is 0. The van der Waals surface area contributed by atoms with Crippen molar-refractivity contribution < 1.29 is 39.1 Å². The fourth-order valence-electron chi connectivity index (χ4n) is 3.75. The van der Waals surface area contributed by atoms with Crippen molar-refractivity contribution in [2.75, 3.05) is 16.0 Å². The molecule has 0 aliphatic carbocycles. The Morgan fingerprint density at radius 1 is 0.500 bits per heavy atom. The van der Waals surface area contributed by atoms with Gasteiger partial charge in [-0.3, -0.25) is 24.5 Å². The maximum Gasteiger partial charge on any atom is 0.269 e. The number of amides is 3. The number of nitrogens with one attached hydrogen (secondary N) is 3. The van der Waals surface area contributed by atoms with Gasteiger partial charge in [-0.2, -0.15) is 0 Å². The molecule has 3 N–H and O–H groups in total. The Labute approximate surface area is 236 Å². The van der Waals surface area contributed by atoms with Crippen molar-refractivity contribution >= 4 is 52.4 Å². The molecule has 4 rings (SSSR count). The molecule has 0 radical (unpaired) electrons. The molecule has 0 bridgehead atoms. The summed E-state index contributed by atoms with van der Waals surface area (Å²) in [4.78, 5) is 71.7. The lowest BCUT2D eigenvalue weighted by Gasteiger charge is -2.13. The summed E-state index contributed by atoms with van der Waals surface area (Å²) in [5.41, 5.74) is -0.517. The first kappa shape index (κ1) is 28.6. The molecule has 0 fully saturated rings. The average molecular weight is 566 g/mol. The first-order valence-electron chi connectivity index (χ1n) is 12.0. The largest absolute Gasteiger partial charge is 0.545 e. The van der Waals surface area contributed by atoms with E-state index in [4.69, 9.17) is 0 Å². The molecular formula is C29H18N4O9-2. The van der Waals surface area contributed by atoms with Gasteiger partial charge in [0.2, 0.25) is 0 Å². The lowest BCUT2D eigenvalue weighted by atomic mass is 10.1. The molecule has 0 atom stereocenters. The van der Waals surface area contributed by atoms with Gasteiger partial charge in [-0.1, -0.05) is 24.3 Å². The summed E-state index contributed by atoms with van der Waals surface area (Å²) >= 11 is 0. The Morgan fingerprint density at radius 3 is 1.33 bits per heavy atom. The van der Waals surface area contributed by atoms with E-state index in [2.05, 4.69) is 16.0 Å². The molecule has 3 amide bonds. The summed E-state index contributed by atoms with van der Waals surface area (Å²) in [5, 5.41) is 40.8. The maximum atomic E-state index is 13.1. The van der Waals surface area contributed by atoms with Gasteiger partial charge in [0.25, 0.3) is 23.4 Å². The Balaban J connectivity index is 1.66. The van der Waals surface area contributed by atoms with E-state index in [0.717, 1.165) is 12.1 Å². The molecule has 4 aromatic carbocycles. The number of hydrogen-bond donors (Lipinski definition) is 3. The van der Waals surface area contributed by atoms with E-state index in [0.29, 0.717) is 0 Å². The number of hydrogen-bond acceptors (Lipinski definition) is 9. The topological polar surface area (TPSA) is 211 Å². The molecule has 0 saturated carbocycles. The summed E-state index contributed by atoms with van der Waals surface area (Å²) in [7, 11) is 0. The van der Waals surface area contributed by atoms with Crippen LogP contribution in [0.3, 0.4) is 0 Å². The molecule has 0 heterocycles. The number of carboxylic acid groups (broad SMARTS) is 2. The molecule has 0 unspecified atom stereocenters. The SMILES string of the molecule is O=C([O-])c1cccc(NC(=O)c2cc(NC(=O)c3ccc([N+](=O)[O-])cc3)cc(C(=O)Nc3cccc(C(=O)[O-])c3)c2)c1. The molecular weight excluding hydrogens is 548 g/mol. The molecule has 0 saturated heterocycles. The summed E-state index contributed by atoms with van der Waals surface area (Å²) in [6, 6.07) is 19.0. The fraction of sp³-hybridized carbons (Fsp3) is 0. The first-order valence-corrected chi connectivity index (χ1v) is 12.0. The number of aromatic carboxylic acids is 2. The standard InChI is InChI=1S/C29H20N4O9/c34-25(16-7-9-24(10-8-16)33(41)42)32-23-14-19(26(35)30-21-5-1-3-17(12-21)28(37)38)11-20(15-23)27(36)31-22-6-2-4-18(13-22)29(39)40/h1-15H,(H,30,35)(H,31,36)(H,32,34)(H,37,38)(H,39,40)/p-2. The van der Waals surface area contributed by atoms with Crippen molar-refractivity contribution in [1.29, 1.82) is 0 Å². The number of rotatable bonds is 9. The van der Waals surface area contributed by atoms with E-state index in [1.54, 1.807) is 0 Å². The monoisotopic (exact) mass is 566 g/mol. The predicted molar refractivity (Wildman–Crippen MR) is 145 cm³/mol. The number of carboxylic acids is 2.